The van der Waals surface area contributed by atoms with E-state index in [1.165, 1.54) is 12.2 Å². The van der Waals surface area contributed by atoms with Crippen LogP contribution < -0.4 is 9.47 Å². The second kappa shape index (κ2) is 9.33. The van der Waals surface area contributed by atoms with Gasteiger partial charge in [0.2, 0.25) is 0 Å². The smallest absolute Gasteiger partial charge is 0.181 e. The largest absolute Gasteiger partial charge is 0.512 e. The number of aliphatic hydroxyl groups is 1. The van der Waals surface area contributed by atoms with E-state index in [2.05, 4.69) is 0 Å². The Kier molecular flexibility index (Phi) is 6.84. The molecule has 4 nitrogen and oxygen atoms in total. The summed E-state index contributed by atoms with van der Waals surface area (Å²) in [6.07, 6.45) is 5.29. The summed E-state index contributed by atoms with van der Waals surface area (Å²) in [4.78, 5) is 12.0. The molecule has 1 N–H and O–H groups in total. The summed E-state index contributed by atoms with van der Waals surface area (Å²) in [6, 6.07) is 15.0. The molecule has 25 heavy (non-hydrogen) atoms. The van der Waals surface area contributed by atoms with Crippen molar-refractivity contribution in [1.82, 2.24) is 0 Å². The van der Waals surface area contributed by atoms with Crippen LogP contribution in [0.25, 0.3) is 6.08 Å². The number of ketones is 1. The first-order valence-corrected chi connectivity index (χ1v) is 8.00. The molecule has 0 fully saturated rings. The molecule has 0 radical (unpaired) electrons. The van der Waals surface area contributed by atoms with Crippen molar-refractivity contribution in [2.24, 2.45) is 0 Å². The molecular weight excluding hydrogens is 316 g/mol. The maximum Gasteiger partial charge on any atom is 0.181 e. The summed E-state index contributed by atoms with van der Waals surface area (Å²) in [5, 5.41) is 9.98. The Labute approximate surface area is 148 Å². The maximum absolute atomic E-state index is 12.0. The fourth-order valence-corrected chi connectivity index (χ4v) is 2.43. The van der Waals surface area contributed by atoms with Gasteiger partial charge in [-0.15, -0.1) is 0 Å². The van der Waals surface area contributed by atoms with E-state index in [0.717, 1.165) is 16.9 Å². The Balaban J connectivity index is 1.97. The summed E-state index contributed by atoms with van der Waals surface area (Å²) in [6.45, 7) is 0. The SMILES string of the molecule is COc1ccccc1/C=C/C(=O)/C=C(\O)CCc1ccccc1OC. The standard InChI is InChI=1S/C21H22O4/c1-24-20-9-5-3-7-16(20)11-13-18(22)15-19(23)14-12-17-8-4-6-10-21(17)25-2/h3-11,13,15,23H,12,14H2,1-2H3/b13-11+,19-15-. The van der Waals surface area contributed by atoms with E-state index in [1.807, 2.05) is 48.5 Å². The predicted molar refractivity (Wildman–Crippen MR) is 99.1 cm³/mol. The highest BCUT2D eigenvalue weighted by Gasteiger charge is 2.04. The summed E-state index contributed by atoms with van der Waals surface area (Å²) in [7, 11) is 3.19. The number of ether oxygens (including phenoxy) is 2. The third kappa shape index (κ3) is 5.53. The van der Waals surface area contributed by atoms with Crippen LogP contribution >= 0.6 is 0 Å². The minimum absolute atomic E-state index is 0.0422. The van der Waals surface area contributed by atoms with Crippen LogP contribution in [0.4, 0.5) is 0 Å². The highest BCUT2D eigenvalue weighted by Crippen LogP contribution is 2.20. The van der Waals surface area contributed by atoms with Crippen LogP contribution in [0.2, 0.25) is 0 Å². The molecule has 0 saturated heterocycles. The molecule has 0 bridgehead atoms. The van der Waals surface area contributed by atoms with Crippen molar-refractivity contribution in [1.29, 1.82) is 0 Å². The first kappa shape index (κ1) is 18.3. The molecule has 0 atom stereocenters. The van der Waals surface area contributed by atoms with Crippen molar-refractivity contribution >= 4 is 11.9 Å². The monoisotopic (exact) mass is 338 g/mol. The fourth-order valence-electron chi connectivity index (χ4n) is 2.43. The molecule has 0 heterocycles. The van der Waals surface area contributed by atoms with Crippen LogP contribution in [0, 0.1) is 0 Å². The molecule has 2 rings (SSSR count). The zero-order valence-electron chi connectivity index (χ0n) is 14.4. The number of benzene rings is 2. The molecule has 0 aromatic heterocycles. The number of carbonyl (C=O) groups is 1. The third-order valence-corrected chi connectivity index (χ3v) is 3.72. The highest BCUT2D eigenvalue weighted by molar-refractivity contribution is 6.02. The zero-order chi connectivity index (χ0) is 18.1. The van der Waals surface area contributed by atoms with E-state index < -0.39 is 0 Å². The summed E-state index contributed by atoms with van der Waals surface area (Å²) >= 11 is 0. The molecular formula is C21H22O4. The number of hydrogen-bond donors (Lipinski definition) is 1. The number of para-hydroxylation sites is 2. The Morgan fingerprint density at radius 3 is 2.36 bits per heavy atom. The number of aryl methyl sites for hydroxylation is 1. The van der Waals surface area contributed by atoms with Crippen LogP contribution in [-0.4, -0.2) is 25.1 Å². The lowest BCUT2D eigenvalue weighted by Gasteiger charge is -2.07. The number of hydrogen-bond acceptors (Lipinski definition) is 4. The fraction of sp³-hybridized carbons (Fsp3) is 0.190. The van der Waals surface area contributed by atoms with Crippen molar-refractivity contribution in [3.05, 3.63) is 77.6 Å². The molecule has 0 aliphatic rings. The van der Waals surface area contributed by atoms with E-state index in [0.29, 0.717) is 18.6 Å². The molecule has 4 heteroatoms. The van der Waals surface area contributed by atoms with Crippen molar-refractivity contribution in [3.8, 4) is 11.5 Å². The Morgan fingerprint density at radius 1 is 1.00 bits per heavy atom. The van der Waals surface area contributed by atoms with Crippen LogP contribution in [0.5, 0.6) is 11.5 Å². The molecule has 0 unspecified atom stereocenters. The van der Waals surface area contributed by atoms with Crippen molar-refractivity contribution in [2.45, 2.75) is 12.8 Å². The first-order chi connectivity index (χ1) is 12.1. The number of methoxy groups -OCH3 is 2. The number of carbonyl (C=O) groups excluding carboxylic acids is 1. The molecule has 0 amide bonds. The number of rotatable bonds is 8. The average molecular weight is 338 g/mol. The van der Waals surface area contributed by atoms with E-state index >= 15 is 0 Å². The van der Waals surface area contributed by atoms with E-state index in [1.54, 1.807) is 20.3 Å². The van der Waals surface area contributed by atoms with Gasteiger partial charge in [0.05, 0.1) is 20.0 Å². The molecule has 0 saturated carbocycles. The van der Waals surface area contributed by atoms with Crippen LogP contribution in [0.15, 0.2) is 66.4 Å². The van der Waals surface area contributed by atoms with Gasteiger partial charge in [-0.05, 0) is 36.3 Å². The Hall–Kier alpha value is -3.01. The highest BCUT2D eigenvalue weighted by atomic mass is 16.5. The molecule has 2 aromatic carbocycles. The number of allylic oxidation sites excluding steroid dienone is 3. The lowest BCUT2D eigenvalue weighted by Crippen LogP contribution is -1.96. The lowest BCUT2D eigenvalue weighted by molar-refractivity contribution is -0.110. The van der Waals surface area contributed by atoms with E-state index in [-0.39, 0.29) is 11.5 Å². The van der Waals surface area contributed by atoms with Gasteiger partial charge in [0.1, 0.15) is 11.5 Å². The van der Waals surface area contributed by atoms with Crippen LogP contribution in [0.1, 0.15) is 17.5 Å². The molecule has 0 spiro atoms. The molecule has 130 valence electrons. The quantitative estimate of drug-likeness (QED) is 0.574. The van der Waals surface area contributed by atoms with Crippen molar-refractivity contribution in [2.75, 3.05) is 14.2 Å². The van der Waals surface area contributed by atoms with Crippen molar-refractivity contribution < 1.29 is 19.4 Å². The van der Waals surface area contributed by atoms with Gasteiger partial charge >= 0.3 is 0 Å². The van der Waals surface area contributed by atoms with Gasteiger partial charge in [-0.1, -0.05) is 36.4 Å². The minimum Gasteiger partial charge on any atom is -0.512 e. The van der Waals surface area contributed by atoms with Gasteiger partial charge in [-0.25, -0.2) is 0 Å². The summed E-state index contributed by atoms with van der Waals surface area (Å²) < 4.78 is 10.5. The topological polar surface area (TPSA) is 55.8 Å². The van der Waals surface area contributed by atoms with Gasteiger partial charge in [-0.2, -0.15) is 0 Å². The van der Waals surface area contributed by atoms with E-state index in [4.69, 9.17) is 9.47 Å². The van der Waals surface area contributed by atoms with Gasteiger partial charge < -0.3 is 14.6 Å². The molecule has 0 aliphatic carbocycles. The van der Waals surface area contributed by atoms with Crippen LogP contribution in [-0.2, 0) is 11.2 Å². The first-order valence-electron chi connectivity index (χ1n) is 8.00. The van der Waals surface area contributed by atoms with Crippen LogP contribution in [0.3, 0.4) is 0 Å². The third-order valence-electron chi connectivity index (χ3n) is 3.72. The van der Waals surface area contributed by atoms with Gasteiger partial charge in [0.25, 0.3) is 0 Å². The second-order valence-corrected chi connectivity index (χ2v) is 5.43. The van der Waals surface area contributed by atoms with Crippen molar-refractivity contribution in [3.63, 3.8) is 0 Å². The van der Waals surface area contributed by atoms with E-state index in [9.17, 15) is 9.90 Å². The predicted octanol–water partition coefficient (Wildman–Crippen LogP) is 4.36. The Bertz CT molecular complexity index is 775. The summed E-state index contributed by atoms with van der Waals surface area (Å²) in [5.41, 5.74) is 1.79. The maximum atomic E-state index is 12.0. The lowest BCUT2D eigenvalue weighted by atomic mass is 10.1. The van der Waals surface area contributed by atoms with Gasteiger partial charge in [-0.3, -0.25) is 4.79 Å². The number of aliphatic hydroxyl groups excluding tert-OH is 1. The minimum atomic E-state index is -0.275. The van der Waals surface area contributed by atoms with Gasteiger partial charge in [0, 0.05) is 18.1 Å². The Morgan fingerprint density at radius 2 is 1.64 bits per heavy atom. The normalized spacial score (nSPS) is 11.5. The second-order valence-electron chi connectivity index (χ2n) is 5.43. The molecule has 2 aromatic rings. The van der Waals surface area contributed by atoms with Gasteiger partial charge in [0.15, 0.2) is 5.78 Å². The zero-order valence-corrected chi connectivity index (χ0v) is 14.4. The average Bonchev–Trinajstić information content (AvgIpc) is 2.65. The molecule has 0 aliphatic heterocycles. The summed E-state index contributed by atoms with van der Waals surface area (Å²) in [5.74, 6) is 1.23.